The van der Waals surface area contributed by atoms with Crippen LogP contribution in [0.15, 0.2) is 48.5 Å². The molecule has 0 unspecified atom stereocenters. The molecule has 1 amide bonds. The Hall–Kier alpha value is -2.33. The van der Waals surface area contributed by atoms with Gasteiger partial charge >= 0.3 is 0 Å². The number of ether oxygens (including phenoxy) is 1. The number of carbonyl (C=O) groups is 1. The smallest absolute Gasteiger partial charge is 0.257 e. The third-order valence-electron chi connectivity index (χ3n) is 4.14. The first-order valence-corrected chi connectivity index (χ1v) is 8.35. The molecule has 2 N–H and O–H groups in total. The summed E-state index contributed by atoms with van der Waals surface area (Å²) < 4.78 is 5.70. The molecule has 4 heteroatoms. The van der Waals surface area contributed by atoms with Crippen molar-refractivity contribution in [1.82, 2.24) is 10.6 Å². The van der Waals surface area contributed by atoms with Crippen LogP contribution in [-0.4, -0.2) is 19.6 Å². The van der Waals surface area contributed by atoms with E-state index in [0.29, 0.717) is 0 Å². The van der Waals surface area contributed by atoms with Crippen LogP contribution in [0.2, 0.25) is 0 Å². The number of likely N-dealkylation sites (N-methyl/N-ethyl adjacent to an activating group) is 1. The van der Waals surface area contributed by atoms with E-state index in [1.807, 2.05) is 18.2 Å². The van der Waals surface area contributed by atoms with Gasteiger partial charge in [0.05, 0.1) is 0 Å². The van der Waals surface area contributed by atoms with Crippen molar-refractivity contribution < 1.29 is 9.53 Å². The Morgan fingerprint density at radius 2 is 1.83 bits per heavy atom. The van der Waals surface area contributed by atoms with E-state index in [2.05, 4.69) is 54.8 Å². The first kappa shape index (κ1) is 18.0. The van der Waals surface area contributed by atoms with E-state index in [4.69, 9.17) is 4.74 Å². The van der Waals surface area contributed by atoms with Gasteiger partial charge in [0.2, 0.25) is 0 Å². The first-order valence-electron chi connectivity index (χ1n) is 8.35. The standard InChI is InChI=1S/C20H26N2O2/c1-4-18(22-13-16-10-6-5-9-15(16)2)17-11-7-8-12-19(17)24-14-20(23)21-3/h5-12,18,22H,4,13-14H2,1-3H3,(H,21,23)/t18-/m1/s1. The quantitative estimate of drug-likeness (QED) is 0.782. The minimum absolute atomic E-state index is 0.0295. The summed E-state index contributed by atoms with van der Waals surface area (Å²) in [7, 11) is 1.61. The fourth-order valence-corrected chi connectivity index (χ4v) is 2.63. The second-order valence-corrected chi connectivity index (χ2v) is 5.77. The molecule has 0 bridgehead atoms. The lowest BCUT2D eigenvalue weighted by atomic mass is 10.0. The number of hydrogen-bond acceptors (Lipinski definition) is 3. The monoisotopic (exact) mass is 326 g/mol. The Balaban J connectivity index is 2.09. The van der Waals surface area contributed by atoms with Crippen LogP contribution < -0.4 is 15.4 Å². The second kappa shape index (κ2) is 9.08. The van der Waals surface area contributed by atoms with Gasteiger partial charge in [0.25, 0.3) is 5.91 Å². The lowest BCUT2D eigenvalue weighted by molar-refractivity contribution is -0.122. The van der Waals surface area contributed by atoms with Crippen molar-refractivity contribution in [2.24, 2.45) is 0 Å². The number of amides is 1. The van der Waals surface area contributed by atoms with Gasteiger partial charge < -0.3 is 15.4 Å². The molecule has 24 heavy (non-hydrogen) atoms. The van der Waals surface area contributed by atoms with Gasteiger partial charge in [0, 0.05) is 25.2 Å². The summed E-state index contributed by atoms with van der Waals surface area (Å²) in [6.07, 6.45) is 0.937. The summed E-state index contributed by atoms with van der Waals surface area (Å²) in [6, 6.07) is 16.4. The molecule has 0 fully saturated rings. The van der Waals surface area contributed by atoms with Crippen molar-refractivity contribution >= 4 is 5.91 Å². The van der Waals surface area contributed by atoms with E-state index >= 15 is 0 Å². The van der Waals surface area contributed by atoms with E-state index in [0.717, 1.165) is 24.3 Å². The third kappa shape index (κ3) is 4.83. The van der Waals surface area contributed by atoms with E-state index in [9.17, 15) is 4.79 Å². The summed E-state index contributed by atoms with van der Waals surface area (Å²) >= 11 is 0. The number of aryl methyl sites for hydroxylation is 1. The number of rotatable bonds is 8. The maximum absolute atomic E-state index is 11.4. The highest BCUT2D eigenvalue weighted by molar-refractivity contribution is 5.77. The molecule has 0 aliphatic carbocycles. The van der Waals surface area contributed by atoms with Gasteiger partial charge in [0.15, 0.2) is 6.61 Å². The van der Waals surface area contributed by atoms with E-state index in [1.165, 1.54) is 11.1 Å². The van der Waals surface area contributed by atoms with E-state index in [-0.39, 0.29) is 18.6 Å². The molecule has 4 nitrogen and oxygen atoms in total. The molecular weight excluding hydrogens is 300 g/mol. The molecule has 1 atom stereocenters. The zero-order chi connectivity index (χ0) is 17.4. The zero-order valence-electron chi connectivity index (χ0n) is 14.6. The van der Waals surface area contributed by atoms with Crippen LogP contribution in [0.1, 0.15) is 36.1 Å². The highest BCUT2D eigenvalue weighted by atomic mass is 16.5. The van der Waals surface area contributed by atoms with E-state index < -0.39 is 0 Å². The van der Waals surface area contributed by atoms with Crippen molar-refractivity contribution in [3.8, 4) is 5.75 Å². The lowest BCUT2D eigenvalue weighted by Crippen LogP contribution is -2.26. The minimum atomic E-state index is -0.134. The Morgan fingerprint density at radius 3 is 2.54 bits per heavy atom. The maximum Gasteiger partial charge on any atom is 0.257 e. The Morgan fingerprint density at radius 1 is 1.12 bits per heavy atom. The zero-order valence-corrected chi connectivity index (χ0v) is 14.6. The first-order chi connectivity index (χ1) is 11.7. The predicted octanol–water partition coefficient (Wildman–Crippen LogP) is 3.36. The van der Waals surface area contributed by atoms with Crippen LogP contribution in [0, 0.1) is 6.92 Å². The van der Waals surface area contributed by atoms with Crippen LogP contribution in [-0.2, 0) is 11.3 Å². The molecular formula is C20H26N2O2. The molecule has 0 radical (unpaired) electrons. The normalized spacial score (nSPS) is 11.8. The minimum Gasteiger partial charge on any atom is -0.483 e. The van der Waals surface area contributed by atoms with Crippen LogP contribution in [0.5, 0.6) is 5.75 Å². The second-order valence-electron chi connectivity index (χ2n) is 5.77. The predicted molar refractivity (Wildman–Crippen MR) is 97.1 cm³/mol. The molecule has 2 rings (SSSR count). The molecule has 0 aliphatic heterocycles. The molecule has 0 saturated heterocycles. The van der Waals surface area contributed by atoms with Crippen LogP contribution in [0.4, 0.5) is 0 Å². The van der Waals surface area contributed by atoms with Crippen molar-refractivity contribution in [2.75, 3.05) is 13.7 Å². The van der Waals surface area contributed by atoms with Crippen molar-refractivity contribution in [1.29, 1.82) is 0 Å². The van der Waals surface area contributed by atoms with Gasteiger partial charge in [0.1, 0.15) is 5.75 Å². The fraction of sp³-hybridized carbons (Fsp3) is 0.350. The average molecular weight is 326 g/mol. The summed E-state index contributed by atoms with van der Waals surface area (Å²) in [5, 5.41) is 6.18. The largest absolute Gasteiger partial charge is 0.483 e. The van der Waals surface area contributed by atoms with Crippen LogP contribution >= 0.6 is 0 Å². The Bertz CT molecular complexity index is 670. The number of benzene rings is 2. The highest BCUT2D eigenvalue weighted by Crippen LogP contribution is 2.27. The van der Waals surface area contributed by atoms with E-state index in [1.54, 1.807) is 7.05 Å². The maximum atomic E-state index is 11.4. The molecule has 0 saturated carbocycles. The molecule has 2 aromatic carbocycles. The van der Waals surface area contributed by atoms with Crippen LogP contribution in [0.3, 0.4) is 0 Å². The average Bonchev–Trinajstić information content (AvgIpc) is 2.62. The Kier molecular flexibility index (Phi) is 6.82. The SMILES string of the molecule is CC[C@@H](NCc1ccccc1C)c1ccccc1OCC(=O)NC. The fourth-order valence-electron chi connectivity index (χ4n) is 2.63. The number of para-hydroxylation sites is 1. The third-order valence-corrected chi connectivity index (χ3v) is 4.14. The molecule has 0 aliphatic rings. The Labute approximate surface area is 144 Å². The summed E-state index contributed by atoms with van der Waals surface area (Å²) in [5.74, 6) is 0.621. The van der Waals surface area contributed by atoms with Gasteiger partial charge in [-0.15, -0.1) is 0 Å². The lowest BCUT2D eigenvalue weighted by Gasteiger charge is -2.21. The number of carbonyl (C=O) groups excluding carboxylic acids is 1. The topological polar surface area (TPSA) is 50.4 Å². The van der Waals surface area contributed by atoms with Gasteiger partial charge in [-0.3, -0.25) is 4.79 Å². The van der Waals surface area contributed by atoms with Crippen LogP contribution in [0.25, 0.3) is 0 Å². The van der Waals surface area contributed by atoms with Crippen molar-refractivity contribution in [2.45, 2.75) is 32.9 Å². The number of hydrogen-bond donors (Lipinski definition) is 2. The number of nitrogens with one attached hydrogen (secondary N) is 2. The van der Waals surface area contributed by atoms with Crippen molar-refractivity contribution in [3.63, 3.8) is 0 Å². The molecule has 0 spiro atoms. The molecule has 2 aromatic rings. The summed E-state index contributed by atoms with van der Waals surface area (Å²) in [4.78, 5) is 11.4. The molecule has 0 heterocycles. The molecule has 0 aromatic heterocycles. The van der Waals surface area contributed by atoms with Gasteiger partial charge in [-0.1, -0.05) is 49.4 Å². The van der Waals surface area contributed by atoms with Gasteiger partial charge in [-0.2, -0.15) is 0 Å². The van der Waals surface area contributed by atoms with Gasteiger partial charge in [-0.25, -0.2) is 0 Å². The summed E-state index contributed by atoms with van der Waals surface area (Å²) in [6.45, 7) is 5.10. The molecule has 128 valence electrons. The highest BCUT2D eigenvalue weighted by Gasteiger charge is 2.15. The summed E-state index contributed by atoms with van der Waals surface area (Å²) in [5.41, 5.74) is 3.65. The van der Waals surface area contributed by atoms with Gasteiger partial charge in [-0.05, 0) is 30.5 Å². The van der Waals surface area contributed by atoms with Crippen molar-refractivity contribution in [3.05, 3.63) is 65.2 Å².